The molecule has 0 spiro atoms. The molecule has 130 valence electrons. The molecule has 2 heterocycles. The van der Waals surface area contributed by atoms with Crippen molar-refractivity contribution >= 4 is 15.9 Å². The molecule has 2 fully saturated rings. The van der Waals surface area contributed by atoms with Crippen LogP contribution < -0.4 is 0 Å². The van der Waals surface area contributed by atoms with E-state index >= 15 is 0 Å². The van der Waals surface area contributed by atoms with Crippen molar-refractivity contribution in [2.45, 2.75) is 25.8 Å². The largest absolute Gasteiger partial charge is 0.321 e. The predicted octanol–water partition coefficient (Wildman–Crippen LogP) is 2.82. The standard InChI is InChI=1S/C18H24N2O3S/c1-14-8-9-20(17(10-14)16-6-4-3-5-7-16)18(21)19-11-15(12-19)13-24(2,22)23/h3-7,13-14,17H,8-12H2,1-2H3/t14-,17+/m1/s1. The maximum Gasteiger partial charge on any atom is 0.321 e. The molecule has 0 N–H and O–H groups in total. The third-order valence-electron chi connectivity index (χ3n) is 4.73. The first-order chi connectivity index (χ1) is 11.3. The second-order valence-corrected chi connectivity index (χ2v) is 8.89. The van der Waals surface area contributed by atoms with Gasteiger partial charge in [0.2, 0.25) is 0 Å². The second-order valence-electron chi connectivity index (χ2n) is 6.99. The quantitative estimate of drug-likeness (QED) is 0.826. The second kappa shape index (κ2) is 6.59. The van der Waals surface area contributed by atoms with E-state index in [1.165, 1.54) is 17.2 Å². The number of hydrogen-bond acceptors (Lipinski definition) is 3. The minimum atomic E-state index is -3.13. The molecule has 5 nitrogen and oxygen atoms in total. The van der Waals surface area contributed by atoms with Crippen molar-refractivity contribution in [1.82, 2.24) is 9.80 Å². The zero-order chi connectivity index (χ0) is 17.3. The lowest BCUT2D eigenvalue weighted by molar-refractivity contribution is 0.0963. The molecule has 1 aromatic rings. The van der Waals surface area contributed by atoms with Gasteiger partial charge >= 0.3 is 6.03 Å². The van der Waals surface area contributed by atoms with E-state index in [0.29, 0.717) is 19.0 Å². The van der Waals surface area contributed by atoms with Crippen molar-refractivity contribution in [3.63, 3.8) is 0 Å². The van der Waals surface area contributed by atoms with E-state index in [1.54, 1.807) is 4.90 Å². The number of hydrogen-bond donors (Lipinski definition) is 0. The highest BCUT2D eigenvalue weighted by atomic mass is 32.2. The molecule has 2 aliphatic heterocycles. The summed E-state index contributed by atoms with van der Waals surface area (Å²) in [5.41, 5.74) is 1.97. The molecule has 6 heteroatoms. The molecule has 2 saturated heterocycles. The van der Waals surface area contributed by atoms with Gasteiger partial charge in [-0.15, -0.1) is 0 Å². The van der Waals surface area contributed by atoms with Crippen LogP contribution in [0.5, 0.6) is 0 Å². The first-order valence-electron chi connectivity index (χ1n) is 8.33. The van der Waals surface area contributed by atoms with Crippen LogP contribution in [-0.2, 0) is 9.84 Å². The zero-order valence-electron chi connectivity index (χ0n) is 14.2. The Morgan fingerprint density at radius 1 is 1.21 bits per heavy atom. The number of piperidine rings is 1. The number of nitrogens with zero attached hydrogens (tertiary/aromatic N) is 2. The van der Waals surface area contributed by atoms with Crippen LogP contribution >= 0.6 is 0 Å². The summed E-state index contributed by atoms with van der Waals surface area (Å²) in [5.74, 6) is 0.594. The molecular formula is C18H24N2O3S. The maximum absolute atomic E-state index is 12.9. The van der Waals surface area contributed by atoms with Gasteiger partial charge in [-0.1, -0.05) is 37.3 Å². The van der Waals surface area contributed by atoms with E-state index in [2.05, 4.69) is 19.1 Å². The molecular weight excluding hydrogens is 324 g/mol. The Balaban J connectivity index is 1.73. The van der Waals surface area contributed by atoms with Crippen LogP contribution in [0.1, 0.15) is 31.4 Å². The van der Waals surface area contributed by atoms with E-state index in [0.717, 1.165) is 25.0 Å². The summed E-state index contributed by atoms with van der Waals surface area (Å²) in [6.45, 7) is 3.81. The van der Waals surface area contributed by atoms with Crippen molar-refractivity contribution in [3.05, 3.63) is 46.9 Å². The van der Waals surface area contributed by atoms with Gasteiger partial charge in [-0.25, -0.2) is 13.2 Å². The van der Waals surface area contributed by atoms with Gasteiger partial charge in [0.1, 0.15) is 0 Å². The first-order valence-corrected chi connectivity index (χ1v) is 10.3. The van der Waals surface area contributed by atoms with Crippen LogP contribution in [0, 0.1) is 5.92 Å². The normalized spacial score (nSPS) is 24.5. The molecule has 0 aromatic heterocycles. The van der Waals surface area contributed by atoms with Crippen molar-refractivity contribution in [1.29, 1.82) is 0 Å². The third kappa shape index (κ3) is 3.80. The van der Waals surface area contributed by atoms with Gasteiger partial charge in [0.15, 0.2) is 9.84 Å². The number of rotatable bonds is 2. The third-order valence-corrected chi connectivity index (χ3v) is 5.50. The molecule has 0 bridgehead atoms. The Hall–Kier alpha value is -1.82. The van der Waals surface area contributed by atoms with Crippen LogP contribution in [0.2, 0.25) is 0 Å². The topological polar surface area (TPSA) is 57.7 Å². The monoisotopic (exact) mass is 348 g/mol. The molecule has 2 atom stereocenters. The average molecular weight is 348 g/mol. The van der Waals surface area contributed by atoms with Crippen LogP contribution in [0.25, 0.3) is 0 Å². The fourth-order valence-electron chi connectivity index (χ4n) is 3.50. The number of likely N-dealkylation sites (tertiary alicyclic amines) is 2. The van der Waals surface area contributed by atoms with Gasteiger partial charge in [0.05, 0.1) is 6.04 Å². The highest BCUT2D eigenvalue weighted by Crippen LogP contribution is 2.35. The summed E-state index contributed by atoms with van der Waals surface area (Å²) >= 11 is 0. The van der Waals surface area contributed by atoms with Crippen LogP contribution in [0.3, 0.4) is 0 Å². The maximum atomic E-state index is 12.9. The van der Waals surface area contributed by atoms with Gasteiger partial charge < -0.3 is 9.80 Å². The zero-order valence-corrected chi connectivity index (χ0v) is 15.0. The van der Waals surface area contributed by atoms with E-state index < -0.39 is 9.84 Å². The fourth-order valence-corrected chi connectivity index (χ4v) is 4.25. The first kappa shape index (κ1) is 17.0. The molecule has 0 radical (unpaired) electrons. The summed E-state index contributed by atoms with van der Waals surface area (Å²) in [6.07, 6.45) is 3.16. The highest BCUT2D eigenvalue weighted by molar-refractivity contribution is 7.93. The lowest BCUT2D eigenvalue weighted by Crippen LogP contribution is -2.53. The lowest BCUT2D eigenvalue weighted by atomic mass is 9.88. The summed E-state index contributed by atoms with van der Waals surface area (Å²) in [5, 5.41) is 1.28. The molecule has 0 saturated carbocycles. The van der Waals surface area contributed by atoms with Crippen LogP contribution in [0.15, 0.2) is 41.3 Å². The van der Waals surface area contributed by atoms with Crippen LogP contribution in [0.4, 0.5) is 4.79 Å². The molecule has 2 amide bonds. The summed E-state index contributed by atoms with van der Waals surface area (Å²) < 4.78 is 22.6. The Morgan fingerprint density at radius 2 is 1.88 bits per heavy atom. The minimum Gasteiger partial charge on any atom is -0.318 e. The van der Waals surface area contributed by atoms with Crippen molar-refractivity contribution < 1.29 is 13.2 Å². The number of sulfone groups is 1. The molecule has 2 aliphatic rings. The number of amides is 2. The van der Waals surface area contributed by atoms with Crippen LogP contribution in [-0.4, -0.2) is 50.1 Å². The average Bonchev–Trinajstić information content (AvgIpc) is 2.50. The van der Waals surface area contributed by atoms with Crippen molar-refractivity contribution in [3.8, 4) is 0 Å². The van der Waals surface area contributed by atoms with Gasteiger partial charge in [-0.2, -0.15) is 0 Å². The summed E-state index contributed by atoms with van der Waals surface area (Å²) in [6, 6.07) is 10.3. The van der Waals surface area contributed by atoms with Gasteiger partial charge in [0, 0.05) is 31.3 Å². The minimum absolute atomic E-state index is 0.0152. The number of urea groups is 1. The van der Waals surface area contributed by atoms with E-state index in [1.807, 2.05) is 23.1 Å². The van der Waals surface area contributed by atoms with Gasteiger partial charge in [-0.3, -0.25) is 0 Å². The lowest BCUT2D eigenvalue weighted by Gasteiger charge is -2.44. The van der Waals surface area contributed by atoms with E-state index in [9.17, 15) is 13.2 Å². The number of carbonyl (C=O) groups excluding carboxylic acids is 1. The van der Waals surface area contributed by atoms with Gasteiger partial charge in [0.25, 0.3) is 0 Å². The Labute approximate surface area is 143 Å². The Kier molecular flexibility index (Phi) is 4.67. The SMILES string of the molecule is C[C@@H]1CCN(C(=O)N2CC(=CS(C)(=O)=O)C2)[C@H](c2ccccc2)C1. The molecule has 1 aromatic carbocycles. The summed E-state index contributed by atoms with van der Waals surface area (Å²) in [7, 11) is -3.13. The van der Waals surface area contributed by atoms with Gasteiger partial charge in [-0.05, 0) is 29.9 Å². The number of carbonyl (C=O) groups is 1. The van der Waals surface area contributed by atoms with Crippen molar-refractivity contribution in [2.75, 3.05) is 25.9 Å². The summed E-state index contributed by atoms with van der Waals surface area (Å²) in [4.78, 5) is 16.5. The fraction of sp³-hybridized carbons (Fsp3) is 0.500. The van der Waals surface area contributed by atoms with Crippen molar-refractivity contribution in [2.24, 2.45) is 5.92 Å². The molecule has 0 unspecified atom stereocenters. The molecule has 24 heavy (non-hydrogen) atoms. The Morgan fingerprint density at radius 3 is 2.50 bits per heavy atom. The smallest absolute Gasteiger partial charge is 0.318 e. The molecule has 0 aliphatic carbocycles. The predicted molar refractivity (Wildman–Crippen MR) is 94.2 cm³/mol. The Bertz CT molecular complexity index is 735. The van der Waals surface area contributed by atoms with E-state index in [4.69, 9.17) is 0 Å². The molecule has 3 rings (SSSR count). The number of benzene rings is 1. The highest BCUT2D eigenvalue weighted by Gasteiger charge is 2.36. The van der Waals surface area contributed by atoms with E-state index in [-0.39, 0.29) is 12.1 Å².